The van der Waals surface area contributed by atoms with Crippen molar-refractivity contribution >= 4 is 17.8 Å². The molecular formula is C13H22N2O4. The van der Waals surface area contributed by atoms with Gasteiger partial charge in [0.1, 0.15) is 6.04 Å². The van der Waals surface area contributed by atoms with Crippen molar-refractivity contribution in [1.82, 2.24) is 5.32 Å². The Morgan fingerprint density at radius 2 is 1.89 bits per heavy atom. The Labute approximate surface area is 113 Å². The third-order valence-corrected chi connectivity index (χ3v) is 3.31. The molecule has 0 aromatic rings. The average Bonchev–Trinajstić information content (AvgIpc) is 2.39. The molecule has 3 N–H and O–H groups in total. The summed E-state index contributed by atoms with van der Waals surface area (Å²) in [5, 5.41) is 2.56. The molecule has 0 aromatic heterocycles. The maximum absolute atomic E-state index is 12.0. The van der Waals surface area contributed by atoms with Crippen LogP contribution in [0.2, 0.25) is 0 Å². The molecular weight excluding hydrogens is 248 g/mol. The minimum absolute atomic E-state index is 0.0715. The summed E-state index contributed by atoms with van der Waals surface area (Å²) < 4.78 is 4.75. The summed E-state index contributed by atoms with van der Waals surface area (Å²) in [6.07, 6.45) is 4.65. The van der Waals surface area contributed by atoms with E-state index in [2.05, 4.69) is 5.32 Å². The normalized spacial score (nSPS) is 17.5. The fourth-order valence-corrected chi connectivity index (χ4v) is 2.26. The molecule has 6 nitrogen and oxygen atoms in total. The molecule has 1 fully saturated rings. The zero-order valence-corrected chi connectivity index (χ0v) is 11.3. The molecule has 1 aliphatic carbocycles. The Balaban J connectivity index is 2.50. The second-order valence-electron chi connectivity index (χ2n) is 4.81. The maximum atomic E-state index is 12.0. The van der Waals surface area contributed by atoms with Crippen LogP contribution in [0.1, 0.15) is 45.4 Å². The molecule has 0 unspecified atom stereocenters. The van der Waals surface area contributed by atoms with Gasteiger partial charge in [-0.15, -0.1) is 0 Å². The van der Waals surface area contributed by atoms with E-state index >= 15 is 0 Å². The fraction of sp³-hybridized carbons (Fsp3) is 0.769. The number of amides is 2. The minimum Gasteiger partial charge on any atom is -0.466 e. The van der Waals surface area contributed by atoms with Gasteiger partial charge in [0, 0.05) is 5.92 Å². The van der Waals surface area contributed by atoms with Crippen molar-refractivity contribution < 1.29 is 19.1 Å². The number of carbonyl (C=O) groups is 3. The molecule has 0 spiro atoms. The van der Waals surface area contributed by atoms with Crippen LogP contribution < -0.4 is 11.1 Å². The van der Waals surface area contributed by atoms with Gasteiger partial charge in [-0.05, 0) is 19.8 Å². The van der Waals surface area contributed by atoms with Gasteiger partial charge < -0.3 is 15.8 Å². The Kier molecular flexibility index (Phi) is 6.32. The van der Waals surface area contributed by atoms with Crippen molar-refractivity contribution in [1.29, 1.82) is 0 Å². The van der Waals surface area contributed by atoms with E-state index < -0.39 is 17.9 Å². The van der Waals surface area contributed by atoms with E-state index in [9.17, 15) is 14.4 Å². The zero-order valence-electron chi connectivity index (χ0n) is 11.3. The number of hydrogen-bond acceptors (Lipinski definition) is 4. The molecule has 108 valence electrons. The number of esters is 1. The third-order valence-electron chi connectivity index (χ3n) is 3.31. The number of carbonyl (C=O) groups excluding carboxylic acids is 3. The Bertz CT molecular complexity index is 338. The monoisotopic (exact) mass is 270 g/mol. The molecule has 0 saturated heterocycles. The van der Waals surface area contributed by atoms with Crippen LogP contribution in [0.3, 0.4) is 0 Å². The van der Waals surface area contributed by atoms with Crippen LogP contribution >= 0.6 is 0 Å². The summed E-state index contributed by atoms with van der Waals surface area (Å²) >= 11 is 0. The highest BCUT2D eigenvalue weighted by molar-refractivity contribution is 5.90. The van der Waals surface area contributed by atoms with E-state index in [1.54, 1.807) is 6.92 Å². The molecule has 2 amide bonds. The van der Waals surface area contributed by atoms with E-state index in [4.69, 9.17) is 10.5 Å². The van der Waals surface area contributed by atoms with Crippen molar-refractivity contribution in [2.75, 3.05) is 6.61 Å². The number of hydrogen-bond donors (Lipinski definition) is 2. The number of primary amides is 1. The number of ether oxygens (including phenoxy) is 1. The topological polar surface area (TPSA) is 98.5 Å². The molecule has 0 heterocycles. The molecule has 1 aliphatic rings. The molecule has 1 atom stereocenters. The lowest BCUT2D eigenvalue weighted by Crippen LogP contribution is -2.48. The van der Waals surface area contributed by atoms with E-state index in [0.717, 1.165) is 32.1 Å². The molecule has 0 bridgehead atoms. The minimum atomic E-state index is -0.978. The van der Waals surface area contributed by atoms with Gasteiger partial charge in [-0.2, -0.15) is 0 Å². The highest BCUT2D eigenvalue weighted by Gasteiger charge is 2.27. The second kappa shape index (κ2) is 7.76. The zero-order chi connectivity index (χ0) is 14.3. The molecule has 1 rings (SSSR count). The van der Waals surface area contributed by atoms with Crippen LogP contribution in [-0.4, -0.2) is 30.4 Å². The van der Waals surface area contributed by atoms with Gasteiger partial charge in [-0.25, -0.2) is 0 Å². The van der Waals surface area contributed by atoms with Crippen molar-refractivity contribution in [2.24, 2.45) is 11.7 Å². The third kappa shape index (κ3) is 5.28. The summed E-state index contributed by atoms with van der Waals surface area (Å²) in [6, 6.07) is -0.978. The average molecular weight is 270 g/mol. The predicted molar refractivity (Wildman–Crippen MR) is 69.0 cm³/mol. The van der Waals surface area contributed by atoms with Crippen LogP contribution in [0, 0.1) is 5.92 Å². The standard InChI is InChI=1S/C13H22N2O4/c1-2-19-11(16)8-10(12(14)17)15-13(18)9-6-4-3-5-7-9/h9-10H,2-8H2,1H3,(H2,14,17)(H,15,18)/t10-/m1/s1. The first-order valence-corrected chi connectivity index (χ1v) is 6.80. The second-order valence-corrected chi connectivity index (χ2v) is 4.81. The first-order chi connectivity index (χ1) is 9.04. The van der Waals surface area contributed by atoms with Crippen molar-refractivity contribution in [3.05, 3.63) is 0 Å². The SMILES string of the molecule is CCOC(=O)C[C@@H](NC(=O)C1CCCCC1)C(N)=O. The van der Waals surface area contributed by atoms with Crippen molar-refractivity contribution in [2.45, 2.75) is 51.5 Å². The first-order valence-electron chi connectivity index (χ1n) is 6.80. The lowest BCUT2D eigenvalue weighted by molar-refractivity contribution is -0.145. The van der Waals surface area contributed by atoms with E-state index in [1.165, 1.54) is 0 Å². The summed E-state index contributed by atoms with van der Waals surface area (Å²) in [5.74, 6) is -1.50. The number of nitrogens with one attached hydrogen (secondary N) is 1. The molecule has 6 heteroatoms. The Morgan fingerprint density at radius 1 is 1.26 bits per heavy atom. The Hall–Kier alpha value is -1.59. The van der Waals surface area contributed by atoms with Gasteiger partial charge in [0.25, 0.3) is 0 Å². The van der Waals surface area contributed by atoms with Crippen molar-refractivity contribution in [3.8, 4) is 0 Å². The van der Waals surface area contributed by atoms with E-state index in [0.29, 0.717) is 0 Å². The quantitative estimate of drug-likeness (QED) is 0.686. The van der Waals surface area contributed by atoms with Gasteiger partial charge >= 0.3 is 5.97 Å². The highest BCUT2D eigenvalue weighted by Crippen LogP contribution is 2.23. The molecule has 0 aromatic carbocycles. The van der Waals surface area contributed by atoms with Crippen LogP contribution in [0.5, 0.6) is 0 Å². The number of nitrogens with two attached hydrogens (primary N) is 1. The summed E-state index contributed by atoms with van der Waals surface area (Å²) in [4.78, 5) is 34.6. The van der Waals surface area contributed by atoms with Gasteiger partial charge in [0.05, 0.1) is 13.0 Å². The summed E-state index contributed by atoms with van der Waals surface area (Å²) in [5.41, 5.74) is 5.20. The van der Waals surface area contributed by atoms with Crippen LogP contribution in [0.25, 0.3) is 0 Å². The first kappa shape index (κ1) is 15.5. The molecule has 0 radical (unpaired) electrons. The van der Waals surface area contributed by atoms with Crippen molar-refractivity contribution in [3.63, 3.8) is 0 Å². The van der Waals surface area contributed by atoms with E-state index in [1.807, 2.05) is 0 Å². The molecule has 0 aliphatic heterocycles. The largest absolute Gasteiger partial charge is 0.466 e. The molecule has 1 saturated carbocycles. The van der Waals surface area contributed by atoms with Gasteiger partial charge in [-0.3, -0.25) is 14.4 Å². The van der Waals surface area contributed by atoms with Gasteiger partial charge in [-0.1, -0.05) is 19.3 Å². The molecule has 19 heavy (non-hydrogen) atoms. The Morgan fingerprint density at radius 3 is 2.42 bits per heavy atom. The van der Waals surface area contributed by atoms with Gasteiger partial charge in [0.15, 0.2) is 0 Å². The fourth-order valence-electron chi connectivity index (χ4n) is 2.26. The van der Waals surface area contributed by atoms with Crippen LogP contribution in [-0.2, 0) is 19.1 Å². The summed E-state index contributed by atoms with van der Waals surface area (Å²) in [7, 11) is 0. The predicted octanol–water partition coefficient (Wildman–Crippen LogP) is 0.490. The van der Waals surface area contributed by atoms with Crippen LogP contribution in [0.4, 0.5) is 0 Å². The van der Waals surface area contributed by atoms with E-state index in [-0.39, 0.29) is 24.9 Å². The number of rotatable bonds is 6. The maximum Gasteiger partial charge on any atom is 0.308 e. The van der Waals surface area contributed by atoms with Gasteiger partial charge in [0.2, 0.25) is 11.8 Å². The smallest absolute Gasteiger partial charge is 0.308 e. The van der Waals surface area contributed by atoms with Crippen LogP contribution in [0.15, 0.2) is 0 Å². The highest BCUT2D eigenvalue weighted by atomic mass is 16.5. The lowest BCUT2D eigenvalue weighted by Gasteiger charge is -2.23. The lowest BCUT2D eigenvalue weighted by atomic mass is 9.88. The summed E-state index contributed by atoms with van der Waals surface area (Å²) in [6.45, 7) is 1.92.